The number of ether oxygens (including phenoxy) is 1. The molecule has 4 nitrogen and oxygen atoms in total. The van der Waals surface area contributed by atoms with Gasteiger partial charge < -0.3 is 15.4 Å². The van der Waals surface area contributed by atoms with Crippen LogP contribution in [0.3, 0.4) is 0 Å². The lowest BCUT2D eigenvalue weighted by Gasteiger charge is -2.20. The molecule has 1 atom stereocenters. The Morgan fingerprint density at radius 3 is 2.86 bits per heavy atom. The zero-order valence-corrected chi connectivity index (χ0v) is 9.74. The van der Waals surface area contributed by atoms with E-state index in [1.807, 2.05) is 32.5 Å². The van der Waals surface area contributed by atoms with Gasteiger partial charge in [-0.1, -0.05) is 0 Å². The largest absolute Gasteiger partial charge is 0.444 e. The van der Waals surface area contributed by atoms with Gasteiger partial charge in [-0.15, -0.1) is 11.8 Å². The van der Waals surface area contributed by atoms with E-state index in [1.165, 1.54) is 0 Å². The molecule has 1 amide bonds. The van der Waals surface area contributed by atoms with Crippen LogP contribution < -0.4 is 10.6 Å². The van der Waals surface area contributed by atoms with E-state index in [0.717, 1.165) is 12.3 Å². The highest BCUT2D eigenvalue weighted by molar-refractivity contribution is 8.00. The maximum absolute atomic E-state index is 11.2. The number of thioether (sulfide) groups is 1. The van der Waals surface area contributed by atoms with Gasteiger partial charge in [-0.2, -0.15) is 0 Å². The summed E-state index contributed by atoms with van der Waals surface area (Å²) in [6, 6.07) is 0. The Bertz CT molecular complexity index is 197. The second-order valence-corrected chi connectivity index (χ2v) is 5.51. The molecule has 1 rings (SSSR count). The number of nitrogens with one attached hydrogen (secondary N) is 2. The molecule has 82 valence electrons. The molecule has 0 aromatic heterocycles. The predicted molar refractivity (Wildman–Crippen MR) is 58.5 cm³/mol. The van der Waals surface area contributed by atoms with Crippen LogP contribution in [-0.2, 0) is 4.74 Å². The molecule has 0 unspecified atom stereocenters. The minimum Gasteiger partial charge on any atom is -0.444 e. The van der Waals surface area contributed by atoms with Crippen molar-refractivity contribution in [2.75, 3.05) is 18.8 Å². The first kappa shape index (κ1) is 11.7. The van der Waals surface area contributed by atoms with Gasteiger partial charge in [0.25, 0.3) is 0 Å². The molecule has 0 spiro atoms. The number of amides is 1. The summed E-state index contributed by atoms with van der Waals surface area (Å²) in [5.41, 5.74) is -0.416. The molecule has 0 aromatic carbocycles. The number of carbonyl (C=O) groups is 1. The fourth-order valence-electron chi connectivity index (χ4n) is 1.10. The second kappa shape index (κ2) is 4.89. The Kier molecular flexibility index (Phi) is 4.07. The molecule has 1 saturated heterocycles. The highest BCUT2D eigenvalue weighted by Gasteiger charge is 2.19. The predicted octanol–water partition coefficient (Wildman–Crippen LogP) is 1.17. The third-order valence-electron chi connectivity index (χ3n) is 1.62. The second-order valence-electron chi connectivity index (χ2n) is 4.20. The third-order valence-corrected chi connectivity index (χ3v) is 2.80. The van der Waals surface area contributed by atoms with Crippen molar-refractivity contribution in [3.05, 3.63) is 0 Å². The summed E-state index contributed by atoms with van der Waals surface area (Å²) in [6.45, 7) is 7.21. The summed E-state index contributed by atoms with van der Waals surface area (Å²) in [5.74, 6) is 1.11. The zero-order valence-electron chi connectivity index (χ0n) is 8.92. The lowest BCUT2D eigenvalue weighted by molar-refractivity contribution is 0.0527. The van der Waals surface area contributed by atoms with E-state index < -0.39 is 5.60 Å². The van der Waals surface area contributed by atoms with E-state index in [4.69, 9.17) is 4.74 Å². The van der Waals surface area contributed by atoms with Crippen molar-refractivity contribution in [2.24, 2.45) is 0 Å². The Balaban J connectivity index is 2.14. The van der Waals surface area contributed by atoms with Crippen molar-refractivity contribution in [1.82, 2.24) is 10.6 Å². The monoisotopic (exact) mass is 218 g/mol. The van der Waals surface area contributed by atoms with E-state index in [2.05, 4.69) is 10.6 Å². The van der Waals surface area contributed by atoms with E-state index in [9.17, 15) is 4.79 Å². The van der Waals surface area contributed by atoms with Crippen LogP contribution in [0.25, 0.3) is 0 Å². The molecule has 0 aromatic rings. The van der Waals surface area contributed by atoms with Crippen LogP contribution >= 0.6 is 11.8 Å². The number of hydrogen-bond donors (Lipinski definition) is 2. The van der Waals surface area contributed by atoms with Gasteiger partial charge in [0.1, 0.15) is 5.60 Å². The summed E-state index contributed by atoms with van der Waals surface area (Å²) < 4.78 is 5.11. The molecule has 0 radical (unpaired) electrons. The van der Waals surface area contributed by atoms with Crippen LogP contribution in [0.15, 0.2) is 0 Å². The molecule has 1 aliphatic rings. The van der Waals surface area contributed by atoms with Gasteiger partial charge in [0, 0.05) is 18.8 Å². The Hall–Kier alpha value is -0.420. The molecule has 2 N–H and O–H groups in total. The lowest BCUT2D eigenvalue weighted by Crippen LogP contribution is -2.39. The van der Waals surface area contributed by atoms with Crippen LogP contribution in [0.2, 0.25) is 0 Å². The standard InChI is InChI=1S/C9H18N2O2S/c1-9(2,3)13-8(12)11-6-7-10-4-5-14-7/h7,10H,4-6H2,1-3H3,(H,11,12)/t7-/m0/s1. The summed E-state index contributed by atoms with van der Waals surface area (Å²) in [5, 5.41) is 6.34. The maximum atomic E-state index is 11.2. The maximum Gasteiger partial charge on any atom is 0.407 e. The van der Waals surface area contributed by atoms with E-state index in [-0.39, 0.29) is 6.09 Å². The van der Waals surface area contributed by atoms with Crippen LogP contribution in [0, 0.1) is 0 Å². The van der Waals surface area contributed by atoms with Gasteiger partial charge in [-0.25, -0.2) is 4.79 Å². The first-order valence-electron chi connectivity index (χ1n) is 4.79. The van der Waals surface area contributed by atoms with E-state index in [1.54, 1.807) is 0 Å². The topological polar surface area (TPSA) is 50.4 Å². The fraction of sp³-hybridized carbons (Fsp3) is 0.889. The van der Waals surface area contributed by atoms with Crippen molar-refractivity contribution >= 4 is 17.9 Å². The minimum atomic E-state index is -0.416. The average molecular weight is 218 g/mol. The van der Waals surface area contributed by atoms with Gasteiger partial charge in [0.15, 0.2) is 0 Å². The molecule has 1 fully saturated rings. The first-order chi connectivity index (χ1) is 6.47. The molecule has 1 aliphatic heterocycles. The van der Waals surface area contributed by atoms with Crippen LogP contribution in [0.4, 0.5) is 4.79 Å². The van der Waals surface area contributed by atoms with E-state index >= 15 is 0 Å². The molecule has 14 heavy (non-hydrogen) atoms. The van der Waals surface area contributed by atoms with Crippen LogP contribution in [0.5, 0.6) is 0 Å². The van der Waals surface area contributed by atoms with Crippen LogP contribution in [0.1, 0.15) is 20.8 Å². The molecular weight excluding hydrogens is 200 g/mol. The number of alkyl carbamates (subject to hydrolysis) is 1. The molecule has 0 saturated carbocycles. The first-order valence-corrected chi connectivity index (χ1v) is 5.84. The smallest absolute Gasteiger partial charge is 0.407 e. The lowest BCUT2D eigenvalue weighted by atomic mass is 10.2. The summed E-state index contributed by atoms with van der Waals surface area (Å²) >= 11 is 1.82. The van der Waals surface area contributed by atoms with Crippen molar-refractivity contribution in [1.29, 1.82) is 0 Å². The Morgan fingerprint density at radius 2 is 2.36 bits per heavy atom. The third kappa shape index (κ3) is 4.72. The van der Waals surface area contributed by atoms with E-state index in [0.29, 0.717) is 11.9 Å². The summed E-state index contributed by atoms with van der Waals surface area (Å²) in [7, 11) is 0. The highest BCUT2D eigenvalue weighted by Crippen LogP contribution is 2.12. The number of hydrogen-bond acceptors (Lipinski definition) is 4. The molecule has 0 aliphatic carbocycles. The van der Waals surface area contributed by atoms with Crippen molar-refractivity contribution in [3.63, 3.8) is 0 Å². The summed E-state index contributed by atoms with van der Waals surface area (Å²) in [4.78, 5) is 11.2. The van der Waals surface area contributed by atoms with Gasteiger partial charge >= 0.3 is 6.09 Å². The minimum absolute atomic E-state index is 0.336. The van der Waals surface area contributed by atoms with Crippen molar-refractivity contribution in [3.8, 4) is 0 Å². The Labute approximate surface area is 89.2 Å². The number of rotatable bonds is 2. The van der Waals surface area contributed by atoms with Crippen molar-refractivity contribution < 1.29 is 9.53 Å². The van der Waals surface area contributed by atoms with Gasteiger partial charge in [-0.05, 0) is 20.8 Å². The average Bonchev–Trinajstić information content (AvgIpc) is 2.49. The SMILES string of the molecule is CC(C)(C)OC(=O)NC[C@H]1NCCS1. The van der Waals surface area contributed by atoms with Crippen LogP contribution in [-0.4, -0.2) is 35.9 Å². The van der Waals surface area contributed by atoms with Gasteiger partial charge in [-0.3, -0.25) is 0 Å². The van der Waals surface area contributed by atoms with Gasteiger partial charge in [0.05, 0.1) is 5.37 Å². The van der Waals surface area contributed by atoms with Gasteiger partial charge in [0.2, 0.25) is 0 Å². The quantitative estimate of drug-likeness (QED) is 0.730. The molecule has 5 heteroatoms. The fourth-order valence-corrected chi connectivity index (χ4v) is 2.06. The summed E-state index contributed by atoms with van der Waals surface area (Å²) in [6.07, 6.45) is -0.341. The number of carbonyl (C=O) groups excluding carboxylic acids is 1. The normalized spacial score (nSPS) is 22.1. The Morgan fingerprint density at radius 1 is 1.64 bits per heavy atom. The molecule has 1 heterocycles. The highest BCUT2D eigenvalue weighted by atomic mass is 32.2. The van der Waals surface area contributed by atoms with Crippen molar-refractivity contribution in [2.45, 2.75) is 31.7 Å². The molecule has 0 bridgehead atoms. The molecular formula is C9H18N2O2S. The zero-order chi connectivity index (χ0) is 10.6.